The Balaban J connectivity index is 1.40. The number of halogens is 1. The van der Waals surface area contributed by atoms with E-state index in [1.54, 1.807) is 19.1 Å². The van der Waals surface area contributed by atoms with Gasteiger partial charge < -0.3 is 20.1 Å². The smallest absolute Gasteiger partial charge is 0.356 e. The quantitative estimate of drug-likeness (QED) is 0.0893. The van der Waals surface area contributed by atoms with Crippen molar-refractivity contribution in [1.29, 1.82) is 0 Å². The van der Waals surface area contributed by atoms with Gasteiger partial charge >= 0.3 is 11.9 Å². The highest BCUT2D eigenvalue weighted by Crippen LogP contribution is 2.42. The number of nitrogens with one attached hydrogen (secondary N) is 2. The molecule has 2 aliphatic heterocycles. The molecule has 3 amide bonds. The van der Waals surface area contributed by atoms with Crippen LogP contribution in [0.4, 0.5) is 11.4 Å². The lowest BCUT2D eigenvalue weighted by atomic mass is 9.94. The largest absolute Gasteiger partial charge is 0.468 e. The van der Waals surface area contributed by atoms with E-state index >= 15 is 0 Å². The van der Waals surface area contributed by atoms with E-state index in [1.807, 2.05) is 0 Å². The third-order valence-corrected chi connectivity index (χ3v) is 9.60. The first-order valence-electron chi connectivity index (χ1n) is 15.0. The summed E-state index contributed by atoms with van der Waals surface area (Å²) in [5.74, 6) is -4.67. The molecule has 1 fully saturated rings. The molecule has 16 nitrogen and oxygen atoms in total. The minimum Gasteiger partial charge on any atom is -0.468 e. The van der Waals surface area contributed by atoms with Crippen molar-refractivity contribution in [3.05, 3.63) is 90.6 Å². The first-order chi connectivity index (χ1) is 23.3. The molecule has 0 aliphatic carbocycles. The molecule has 0 radical (unpaired) electrons. The van der Waals surface area contributed by atoms with Gasteiger partial charge in [-0.2, -0.15) is 0 Å². The summed E-state index contributed by atoms with van der Waals surface area (Å²) < 4.78 is 10.2. The van der Waals surface area contributed by atoms with Gasteiger partial charge in [0.25, 0.3) is 17.3 Å². The first kappa shape index (κ1) is 36.8. The number of hydrogen-bond acceptors (Lipinski definition) is 12. The van der Waals surface area contributed by atoms with Crippen molar-refractivity contribution in [2.24, 2.45) is 5.92 Å². The maximum Gasteiger partial charge on any atom is 0.356 e. The van der Waals surface area contributed by atoms with Crippen LogP contribution in [0.15, 0.2) is 59.3 Å². The molecule has 18 heteroatoms. The molecule has 2 aliphatic rings. The van der Waals surface area contributed by atoms with Crippen LogP contribution >= 0.6 is 23.4 Å². The molecule has 1 saturated heterocycles. The molecule has 2 aromatic carbocycles. The van der Waals surface area contributed by atoms with Gasteiger partial charge in [-0.25, -0.2) is 4.79 Å². The molecule has 49 heavy (non-hydrogen) atoms. The molecule has 0 spiro atoms. The molecule has 0 aromatic heterocycles. The number of esters is 2. The second-order valence-electron chi connectivity index (χ2n) is 11.0. The summed E-state index contributed by atoms with van der Waals surface area (Å²) in [5, 5.41) is 26.7. The van der Waals surface area contributed by atoms with Crippen LogP contribution in [0, 0.1) is 26.1 Å². The van der Waals surface area contributed by atoms with Crippen molar-refractivity contribution in [3.63, 3.8) is 0 Å². The van der Waals surface area contributed by atoms with Crippen LogP contribution in [-0.4, -0.2) is 74.7 Å². The third-order valence-electron chi connectivity index (χ3n) is 7.85. The minimum atomic E-state index is -1.34. The topological polar surface area (TPSA) is 217 Å². The second-order valence-corrected chi connectivity index (χ2v) is 12.6. The summed E-state index contributed by atoms with van der Waals surface area (Å²) >= 11 is 7.51. The fourth-order valence-electron chi connectivity index (χ4n) is 5.22. The number of nitrogens with zero attached hydrogens (tertiary/aromatic N) is 3. The Morgan fingerprint density at radius 3 is 2.14 bits per heavy atom. The molecular weight excluding hydrogens is 686 g/mol. The number of hydrogen-bond donors (Lipinski definition) is 2. The Morgan fingerprint density at radius 1 is 1.00 bits per heavy atom. The Bertz CT molecular complexity index is 1670. The standard InChI is InChI=1S/C31H32ClN5O11S/c1-3-24(38)33-19(14-17-4-9-20(10-5-17)36(43)44)8-13-22(30(41)47-2)27(39)34-25-28(40)35-26(23(32)16-49-29(25)35)31(42)48-15-18-6-11-21(12-7-18)37(45)46/h4-7,9-12,19,22,25,29H,3,8,13-16H2,1-2H3,(H,33,38)(H,34,39)/t19?,22?,25?,29-/m0/s1. The van der Waals surface area contributed by atoms with Crippen molar-refractivity contribution in [2.45, 2.75) is 56.7 Å². The van der Waals surface area contributed by atoms with E-state index in [0.29, 0.717) is 11.1 Å². The zero-order valence-corrected chi connectivity index (χ0v) is 27.9. The zero-order chi connectivity index (χ0) is 35.8. The molecule has 0 bridgehead atoms. The Kier molecular flexibility index (Phi) is 12.3. The number of benzene rings is 2. The van der Waals surface area contributed by atoms with Gasteiger partial charge in [-0.1, -0.05) is 30.7 Å². The van der Waals surface area contributed by atoms with E-state index in [1.165, 1.54) is 48.2 Å². The SMILES string of the molecule is CCC(=O)NC(CCC(C(=O)NC1C(=O)N2C(C(=O)OCc3ccc([N+](=O)[O-])cc3)=C(Cl)CS[C@@H]12)C(=O)OC)Cc1ccc([N+](=O)[O-])cc1. The molecule has 4 rings (SSSR count). The van der Waals surface area contributed by atoms with Crippen LogP contribution in [0.5, 0.6) is 0 Å². The summed E-state index contributed by atoms with van der Waals surface area (Å²) in [6, 6.07) is 9.55. The van der Waals surface area contributed by atoms with Crippen molar-refractivity contribution < 1.29 is 43.3 Å². The van der Waals surface area contributed by atoms with E-state index in [-0.39, 0.29) is 66.1 Å². The zero-order valence-electron chi connectivity index (χ0n) is 26.3. The number of ether oxygens (including phenoxy) is 2. The monoisotopic (exact) mass is 717 g/mol. The number of methoxy groups -OCH3 is 1. The van der Waals surface area contributed by atoms with E-state index in [9.17, 15) is 44.2 Å². The lowest BCUT2D eigenvalue weighted by Crippen LogP contribution is -2.71. The maximum atomic E-state index is 13.4. The fraction of sp³-hybridized carbons (Fsp3) is 0.387. The highest BCUT2D eigenvalue weighted by Gasteiger charge is 2.55. The third kappa shape index (κ3) is 8.91. The van der Waals surface area contributed by atoms with Crippen LogP contribution < -0.4 is 10.6 Å². The maximum absolute atomic E-state index is 13.4. The number of thioether (sulfide) groups is 1. The summed E-state index contributed by atoms with van der Waals surface area (Å²) in [5.41, 5.74) is 0.745. The predicted molar refractivity (Wildman–Crippen MR) is 175 cm³/mol. The first-order valence-corrected chi connectivity index (χ1v) is 16.4. The van der Waals surface area contributed by atoms with Crippen LogP contribution in [0.2, 0.25) is 0 Å². The van der Waals surface area contributed by atoms with Gasteiger partial charge in [0.15, 0.2) is 0 Å². The average molecular weight is 718 g/mol. The summed E-state index contributed by atoms with van der Waals surface area (Å²) in [6.45, 7) is 1.42. The molecule has 2 heterocycles. The number of amides is 3. The van der Waals surface area contributed by atoms with Crippen LogP contribution in [0.25, 0.3) is 0 Å². The minimum absolute atomic E-state index is 0.0610. The number of carbonyl (C=O) groups excluding carboxylic acids is 5. The summed E-state index contributed by atoms with van der Waals surface area (Å²) in [7, 11) is 1.12. The molecule has 2 aromatic rings. The Hall–Kier alpha value is -5.03. The van der Waals surface area contributed by atoms with Crippen molar-refractivity contribution in [1.82, 2.24) is 15.5 Å². The normalized spacial score (nSPS) is 17.9. The Labute approximate surface area is 288 Å². The van der Waals surface area contributed by atoms with Crippen molar-refractivity contribution >= 4 is 64.4 Å². The van der Waals surface area contributed by atoms with E-state index < -0.39 is 57.0 Å². The summed E-state index contributed by atoms with van der Waals surface area (Å²) in [4.78, 5) is 86.5. The van der Waals surface area contributed by atoms with E-state index in [2.05, 4.69) is 10.6 Å². The predicted octanol–water partition coefficient (Wildman–Crippen LogP) is 3.10. The highest BCUT2D eigenvalue weighted by atomic mass is 35.5. The van der Waals surface area contributed by atoms with E-state index in [4.69, 9.17) is 21.1 Å². The fourth-order valence-corrected chi connectivity index (χ4v) is 6.76. The second kappa shape index (κ2) is 16.4. The van der Waals surface area contributed by atoms with Gasteiger partial charge in [0.1, 0.15) is 29.6 Å². The van der Waals surface area contributed by atoms with Gasteiger partial charge in [0.2, 0.25) is 11.8 Å². The summed E-state index contributed by atoms with van der Waals surface area (Å²) in [6.07, 6.45) is 0.544. The molecular formula is C31H32ClN5O11S. The number of carbonyl (C=O) groups is 5. The van der Waals surface area contributed by atoms with Crippen molar-refractivity contribution in [3.8, 4) is 0 Å². The number of nitro benzene ring substituents is 2. The highest BCUT2D eigenvalue weighted by molar-refractivity contribution is 8.00. The van der Waals surface area contributed by atoms with Crippen LogP contribution in [0.1, 0.15) is 37.3 Å². The Morgan fingerprint density at radius 2 is 1.59 bits per heavy atom. The number of fused-ring (bicyclic) bond motifs is 1. The number of non-ortho nitro benzene ring substituents is 2. The van der Waals surface area contributed by atoms with Gasteiger partial charge in [-0.3, -0.25) is 44.3 Å². The number of nitro groups is 2. The lowest BCUT2D eigenvalue weighted by molar-refractivity contribution is -0.385. The van der Waals surface area contributed by atoms with Gasteiger partial charge in [0, 0.05) is 42.5 Å². The number of β-lactam (4-membered cyclic amide) rings is 1. The molecule has 3 unspecified atom stereocenters. The molecule has 2 N–H and O–H groups in total. The molecule has 4 atom stereocenters. The van der Waals surface area contributed by atoms with Gasteiger partial charge in [-0.15, -0.1) is 11.8 Å². The van der Waals surface area contributed by atoms with E-state index in [0.717, 1.165) is 12.0 Å². The van der Waals surface area contributed by atoms with Crippen LogP contribution in [-0.2, 0) is 46.5 Å². The van der Waals surface area contributed by atoms with Gasteiger partial charge in [-0.05, 0) is 42.5 Å². The van der Waals surface area contributed by atoms with Crippen LogP contribution in [0.3, 0.4) is 0 Å². The van der Waals surface area contributed by atoms with Crippen molar-refractivity contribution in [2.75, 3.05) is 12.9 Å². The average Bonchev–Trinajstić information content (AvgIpc) is 3.09. The lowest BCUT2D eigenvalue weighted by Gasteiger charge is -2.49. The molecule has 260 valence electrons. The van der Waals surface area contributed by atoms with Gasteiger partial charge in [0.05, 0.1) is 22.0 Å². The number of rotatable bonds is 15. The molecule has 0 saturated carbocycles.